The van der Waals surface area contributed by atoms with Gasteiger partial charge in [0, 0.05) is 16.3 Å². The summed E-state index contributed by atoms with van der Waals surface area (Å²) < 4.78 is 0. The van der Waals surface area contributed by atoms with Crippen LogP contribution in [0, 0.1) is 11.3 Å². The van der Waals surface area contributed by atoms with E-state index in [4.69, 9.17) is 0 Å². The van der Waals surface area contributed by atoms with Gasteiger partial charge in [0.2, 0.25) is 0 Å². The van der Waals surface area contributed by atoms with E-state index in [9.17, 15) is 5.26 Å². The summed E-state index contributed by atoms with van der Waals surface area (Å²) in [5, 5.41) is 26.1. The lowest BCUT2D eigenvalue weighted by molar-refractivity contribution is 0.675. The molecule has 3 aromatic rings. The Hall–Kier alpha value is -3.26. The van der Waals surface area contributed by atoms with E-state index in [1.807, 2.05) is 48.5 Å². The van der Waals surface area contributed by atoms with E-state index < -0.39 is 0 Å². The molecule has 1 aromatic heterocycles. The van der Waals surface area contributed by atoms with Crippen LogP contribution in [0.5, 0.6) is 0 Å². The van der Waals surface area contributed by atoms with Gasteiger partial charge >= 0.3 is 0 Å². The lowest BCUT2D eigenvalue weighted by Gasteiger charge is -2.31. The molecule has 0 N–H and O–H groups in total. The second kappa shape index (κ2) is 5.18. The summed E-state index contributed by atoms with van der Waals surface area (Å²) in [4.78, 5) is 0. The molecule has 0 spiro atoms. The third kappa shape index (κ3) is 2.04. The van der Waals surface area contributed by atoms with Crippen LogP contribution in [0.1, 0.15) is 24.1 Å². The normalized spacial score (nSPS) is 16.6. The molecule has 5 heteroatoms. The van der Waals surface area contributed by atoms with Gasteiger partial charge in [-0.25, -0.2) is 5.01 Å². The fourth-order valence-electron chi connectivity index (χ4n) is 2.95. The van der Waals surface area contributed by atoms with Crippen molar-refractivity contribution in [1.82, 2.24) is 10.2 Å². The summed E-state index contributed by atoms with van der Waals surface area (Å²) in [5.74, 6) is 0.665. The lowest BCUT2D eigenvalue weighted by Crippen LogP contribution is -2.30. The summed E-state index contributed by atoms with van der Waals surface area (Å²) >= 11 is 0. The van der Waals surface area contributed by atoms with Gasteiger partial charge in [-0.3, -0.25) is 0 Å². The van der Waals surface area contributed by atoms with E-state index in [0.717, 1.165) is 21.9 Å². The SMILES string of the molecule is CC1c2ccccc2C(C#N)=NN1c1nncc2ccccc12. The van der Waals surface area contributed by atoms with Crippen LogP contribution in [0.3, 0.4) is 0 Å². The number of hydrazone groups is 1. The summed E-state index contributed by atoms with van der Waals surface area (Å²) in [6.45, 7) is 2.06. The van der Waals surface area contributed by atoms with Crippen LogP contribution in [0.2, 0.25) is 0 Å². The first-order valence-corrected chi connectivity index (χ1v) is 7.37. The molecule has 0 amide bonds. The van der Waals surface area contributed by atoms with Crippen LogP contribution in [-0.2, 0) is 0 Å². The van der Waals surface area contributed by atoms with Gasteiger partial charge in [0.25, 0.3) is 0 Å². The summed E-state index contributed by atoms with van der Waals surface area (Å²) in [6, 6.07) is 17.9. The standard InChI is InChI=1S/C18H13N5/c1-12-14-7-4-5-9-16(14)17(10-19)22-23(12)18-15-8-3-2-6-13(15)11-20-21-18/h2-9,11-12H,1H3. The molecule has 0 fully saturated rings. The van der Waals surface area contributed by atoms with Gasteiger partial charge in [0.05, 0.1) is 12.2 Å². The maximum absolute atomic E-state index is 9.46. The van der Waals surface area contributed by atoms with Crippen LogP contribution in [-0.4, -0.2) is 15.9 Å². The Kier molecular flexibility index (Phi) is 3.02. The minimum Gasteiger partial charge on any atom is -0.237 e. The van der Waals surface area contributed by atoms with Crippen molar-refractivity contribution >= 4 is 22.3 Å². The fourth-order valence-corrected chi connectivity index (χ4v) is 2.95. The van der Waals surface area contributed by atoms with Crippen LogP contribution in [0.4, 0.5) is 5.82 Å². The molecule has 0 bridgehead atoms. The maximum atomic E-state index is 9.46. The largest absolute Gasteiger partial charge is 0.237 e. The Balaban J connectivity index is 1.95. The van der Waals surface area contributed by atoms with Gasteiger partial charge in [-0.05, 0) is 12.5 Å². The number of nitriles is 1. The van der Waals surface area contributed by atoms with Crippen molar-refractivity contribution in [1.29, 1.82) is 5.26 Å². The Bertz CT molecular complexity index is 965. The van der Waals surface area contributed by atoms with Gasteiger partial charge in [0.1, 0.15) is 6.07 Å². The van der Waals surface area contributed by atoms with E-state index >= 15 is 0 Å². The zero-order valence-corrected chi connectivity index (χ0v) is 12.5. The van der Waals surface area contributed by atoms with Crippen LogP contribution in [0.15, 0.2) is 59.8 Å². The summed E-state index contributed by atoms with van der Waals surface area (Å²) in [7, 11) is 0. The zero-order chi connectivity index (χ0) is 15.8. The van der Waals surface area contributed by atoms with Crippen LogP contribution >= 0.6 is 0 Å². The first kappa shape index (κ1) is 13.4. The lowest BCUT2D eigenvalue weighted by atomic mass is 9.96. The smallest absolute Gasteiger partial charge is 0.179 e. The molecule has 5 nitrogen and oxygen atoms in total. The number of anilines is 1. The van der Waals surface area contributed by atoms with Gasteiger partial charge in [-0.15, -0.1) is 5.10 Å². The minimum absolute atomic E-state index is 0.0246. The predicted molar refractivity (Wildman–Crippen MR) is 89.0 cm³/mol. The molecule has 1 aliphatic rings. The molecular weight excluding hydrogens is 286 g/mol. The second-order valence-corrected chi connectivity index (χ2v) is 5.42. The number of benzene rings is 2. The molecule has 0 saturated carbocycles. The first-order valence-electron chi connectivity index (χ1n) is 7.37. The minimum atomic E-state index is -0.0246. The first-order chi connectivity index (χ1) is 11.3. The molecule has 2 heterocycles. The van der Waals surface area contributed by atoms with Crippen molar-refractivity contribution in [3.63, 3.8) is 0 Å². The van der Waals surface area contributed by atoms with Crippen molar-refractivity contribution in [2.45, 2.75) is 13.0 Å². The van der Waals surface area contributed by atoms with E-state index in [-0.39, 0.29) is 6.04 Å². The van der Waals surface area contributed by atoms with Gasteiger partial charge in [-0.1, -0.05) is 48.5 Å². The van der Waals surface area contributed by atoms with E-state index in [2.05, 4.69) is 28.3 Å². The van der Waals surface area contributed by atoms with Gasteiger partial charge in [0.15, 0.2) is 11.5 Å². The third-order valence-corrected chi connectivity index (χ3v) is 4.11. The molecule has 0 aliphatic carbocycles. The Labute approximate surface area is 133 Å². The molecule has 0 saturated heterocycles. The van der Waals surface area contributed by atoms with E-state index in [0.29, 0.717) is 11.5 Å². The predicted octanol–water partition coefficient (Wildman–Crippen LogP) is 3.44. The molecule has 110 valence electrons. The maximum Gasteiger partial charge on any atom is 0.179 e. The topological polar surface area (TPSA) is 65.2 Å². The monoisotopic (exact) mass is 299 g/mol. The van der Waals surface area contributed by atoms with E-state index in [1.54, 1.807) is 11.2 Å². The van der Waals surface area contributed by atoms with Crippen LogP contribution < -0.4 is 5.01 Å². The highest BCUT2D eigenvalue weighted by atomic mass is 15.5. The molecule has 4 rings (SSSR count). The van der Waals surface area contributed by atoms with Crippen molar-refractivity contribution in [3.05, 3.63) is 65.9 Å². The highest BCUT2D eigenvalue weighted by Crippen LogP contribution is 2.35. The average Bonchev–Trinajstić information content (AvgIpc) is 2.62. The Morgan fingerprint density at radius 2 is 1.87 bits per heavy atom. The summed E-state index contributed by atoms with van der Waals surface area (Å²) in [5.41, 5.74) is 2.34. The molecule has 0 radical (unpaired) electrons. The Morgan fingerprint density at radius 1 is 1.09 bits per heavy atom. The van der Waals surface area contributed by atoms with Crippen molar-refractivity contribution in [3.8, 4) is 6.07 Å². The van der Waals surface area contributed by atoms with Gasteiger partial charge in [-0.2, -0.15) is 15.5 Å². The summed E-state index contributed by atoms with van der Waals surface area (Å²) in [6.07, 6.45) is 1.73. The number of nitrogens with zero attached hydrogens (tertiary/aromatic N) is 5. The molecule has 1 unspecified atom stereocenters. The number of rotatable bonds is 1. The third-order valence-electron chi connectivity index (χ3n) is 4.11. The van der Waals surface area contributed by atoms with Crippen molar-refractivity contribution < 1.29 is 0 Å². The van der Waals surface area contributed by atoms with Crippen LogP contribution in [0.25, 0.3) is 10.8 Å². The second-order valence-electron chi connectivity index (χ2n) is 5.42. The number of hydrogen-bond donors (Lipinski definition) is 0. The highest BCUT2D eigenvalue weighted by molar-refractivity contribution is 6.14. The zero-order valence-electron chi connectivity index (χ0n) is 12.5. The number of aromatic nitrogens is 2. The molecule has 23 heavy (non-hydrogen) atoms. The number of fused-ring (bicyclic) bond motifs is 2. The highest BCUT2D eigenvalue weighted by Gasteiger charge is 2.28. The molecule has 1 atom stereocenters. The fraction of sp³-hybridized carbons (Fsp3) is 0.111. The Morgan fingerprint density at radius 3 is 2.74 bits per heavy atom. The molecular formula is C18H13N5. The average molecular weight is 299 g/mol. The molecule has 1 aliphatic heterocycles. The van der Waals surface area contributed by atoms with E-state index in [1.165, 1.54) is 0 Å². The quantitative estimate of drug-likeness (QED) is 0.690. The number of hydrogen-bond acceptors (Lipinski definition) is 5. The van der Waals surface area contributed by atoms with Crippen molar-refractivity contribution in [2.24, 2.45) is 5.10 Å². The molecule has 2 aromatic carbocycles. The van der Waals surface area contributed by atoms with Crippen molar-refractivity contribution in [2.75, 3.05) is 5.01 Å². The van der Waals surface area contributed by atoms with Gasteiger partial charge < -0.3 is 0 Å².